The second kappa shape index (κ2) is 2.84. The van der Waals surface area contributed by atoms with E-state index in [0.717, 1.165) is 0 Å². The number of hydrogen-bond donors (Lipinski definition) is 2. The van der Waals surface area contributed by atoms with E-state index in [2.05, 4.69) is 43.2 Å². The molecule has 0 aliphatic heterocycles. The summed E-state index contributed by atoms with van der Waals surface area (Å²) in [5.41, 5.74) is 0.937. The SMILES string of the molecule is CC1(C)C(NC(=O)c2cn[nH]c2)C1(C)C. The molecule has 1 aromatic rings. The molecule has 2 rings (SSSR count). The molecule has 4 heteroatoms. The first-order valence-corrected chi connectivity index (χ1v) is 5.17. The van der Waals surface area contributed by atoms with Crippen LogP contribution in [0.15, 0.2) is 12.4 Å². The lowest BCUT2D eigenvalue weighted by molar-refractivity contribution is 0.0943. The molecule has 1 aromatic heterocycles. The normalized spacial score (nSPS) is 22.4. The molecule has 0 bridgehead atoms. The molecule has 1 fully saturated rings. The molecule has 1 heterocycles. The third kappa shape index (κ3) is 1.35. The highest BCUT2D eigenvalue weighted by Crippen LogP contribution is 2.62. The summed E-state index contributed by atoms with van der Waals surface area (Å²) >= 11 is 0. The average molecular weight is 207 g/mol. The van der Waals surface area contributed by atoms with Crippen LogP contribution >= 0.6 is 0 Å². The summed E-state index contributed by atoms with van der Waals surface area (Å²) in [6, 6.07) is 0.243. The van der Waals surface area contributed by atoms with Crippen LogP contribution in [-0.4, -0.2) is 22.1 Å². The van der Waals surface area contributed by atoms with Crippen molar-refractivity contribution in [2.24, 2.45) is 10.8 Å². The van der Waals surface area contributed by atoms with Crippen molar-refractivity contribution < 1.29 is 4.79 Å². The van der Waals surface area contributed by atoms with Crippen molar-refractivity contribution in [1.82, 2.24) is 15.5 Å². The third-order valence-electron chi connectivity index (χ3n) is 4.06. The Hall–Kier alpha value is -1.32. The van der Waals surface area contributed by atoms with Gasteiger partial charge in [0.1, 0.15) is 0 Å². The Morgan fingerprint density at radius 1 is 1.40 bits per heavy atom. The van der Waals surface area contributed by atoms with Crippen LogP contribution in [0.3, 0.4) is 0 Å². The number of rotatable bonds is 2. The Labute approximate surface area is 89.5 Å². The molecule has 82 valence electrons. The maximum absolute atomic E-state index is 11.8. The van der Waals surface area contributed by atoms with Crippen LogP contribution in [0.4, 0.5) is 0 Å². The molecule has 0 radical (unpaired) electrons. The lowest BCUT2D eigenvalue weighted by Gasteiger charge is -2.04. The van der Waals surface area contributed by atoms with Crippen LogP contribution in [-0.2, 0) is 0 Å². The molecular formula is C11H17N3O. The highest BCUT2D eigenvalue weighted by Gasteiger charge is 2.65. The molecule has 1 saturated carbocycles. The number of aromatic amines is 1. The topological polar surface area (TPSA) is 57.8 Å². The average Bonchev–Trinajstić information content (AvgIpc) is 2.65. The van der Waals surface area contributed by atoms with Gasteiger partial charge in [0, 0.05) is 12.2 Å². The summed E-state index contributed by atoms with van der Waals surface area (Å²) in [5.74, 6) is -0.0487. The van der Waals surface area contributed by atoms with Gasteiger partial charge in [-0.1, -0.05) is 27.7 Å². The number of aromatic nitrogens is 2. The zero-order chi connectivity index (χ0) is 11.3. The molecule has 1 amide bonds. The lowest BCUT2D eigenvalue weighted by atomic mass is 10.0. The number of amides is 1. The van der Waals surface area contributed by atoms with Crippen molar-refractivity contribution in [3.05, 3.63) is 18.0 Å². The molecule has 15 heavy (non-hydrogen) atoms. The van der Waals surface area contributed by atoms with Crippen molar-refractivity contribution in [3.8, 4) is 0 Å². The van der Waals surface area contributed by atoms with Crippen molar-refractivity contribution in [2.75, 3.05) is 0 Å². The minimum absolute atomic E-state index is 0.0487. The van der Waals surface area contributed by atoms with Gasteiger partial charge in [-0.2, -0.15) is 5.10 Å². The number of H-pyrrole nitrogens is 1. The first-order chi connectivity index (χ1) is 6.87. The van der Waals surface area contributed by atoms with Crippen LogP contribution in [0.5, 0.6) is 0 Å². The number of carbonyl (C=O) groups is 1. The van der Waals surface area contributed by atoms with Crippen LogP contribution in [0.25, 0.3) is 0 Å². The monoisotopic (exact) mass is 207 g/mol. The summed E-state index contributed by atoms with van der Waals surface area (Å²) in [4.78, 5) is 11.8. The van der Waals surface area contributed by atoms with Gasteiger partial charge in [-0.15, -0.1) is 0 Å². The van der Waals surface area contributed by atoms with Gasteiger partial charge in [-0.3, -0.25) is 9.89 Å². The van der Waals surface area contributed by atoms with E-state index in [9.17, 15) is 4.79 Å². The zero-order valence-corrected chi connectivity index (χ0v) is 9.59. The van der Waals surface area contributed by atoms with Crippen molar-refractivity contribution in [2.45, 2.75) is 33.7 Å². The molecule has 1 aliphatic rings. The Bertz CT molecular complexity index is 365. The van der Waals surface area contributed by atoms with Crippen molar-refractivity contribution in [1.29, 1.82) is 0 Å². The molecule has 0 aromatic carbocycles. The standard InChI is InChI=1S/C11H17N3O/c1-10(2)9(11(10,3)4)14-8(15)7-5-12-13-6-7/h5-6,9H,1-4H3,(H,12,13)(H,14,15). The van der Waals surface area contributed by atoms with Crippen LogP contribution in [0.2, 0.25) is 0 Å². The molecular weight excluding hydrogens is 190 g/mol. The van der Waals surface area contributed by atoms with Crippen molar-refractivity contribution in [3.63, 3.8) is 0 Å². The zero-order valence-electron chi connectivity index (χ0n) is 9.59. The van der Waals surface area contributed by atoms with Crippen LogP contribution < -0.4 is 5.32 Å². The molecule has 0 atom stereocenters. The van der Waals surface area contributed by atoms with E-state index >= 15 is 0 Å². The van der Waals surface area contributed by atoms with Crippen LogP contribution in [0, 0.1) is 10.8 Å². The summed E-state index contributed by atoms with van der Waals surface area (Å²) in [5, 5.41) is 9.43. The van der Waals surface area contributed by atoms with Crippen molar-refractivity contribution >= 4 is 5.91 Å². The smallest absolute Gasteiger partial charge is 0.254 e. The maximum atomic E-state index is 11.8. The van der Waals surface area contributed by atoms with E-state index in [4.69, 9.17) is 0 Å². The predicted molar refractivity (Wildman–Crippen MR) is 57.4 cm³/mol. The Balaban J connectivity index is 2.04. The van der Waals surface area contributed by atoms with Gasteiger partial charge < -0.3 is 5.32 Å². The highest BCUT2D eigenvalue weighted by atomic mass is 16.1. The minimum Gasteiger partial charge on any atom is -0.348 e. The second-order valence-corrected chi connectivity index (χ2v) is 5.34. The van der Waals surface area contributed by atoms with Gasteiger partial charge in [0.15, 0.2) is 0 Å². The fourth-order valence-corrected chi connectivity index (χ4v) is 2.15. The van der Waals surface area contributed by atoms with E-state index in [-0.39, 0.29) is 22.8 Å². The van der Waals surface area contributed by atoms with Crippen LogP contribution in [0.1, 0.15) is 38.1 Å². The second-order valence-electron chi connectivity index (χ2n) is 5.34. The van der Waals surface area contributed by atoms with Gasteiger partial charge in [-0.05, 0) is 10.8 Å². The molecule has 1 aliphatic carbocycles. The first-order valence-electron chi connectivity index (χ1n) is 5.17. The first kappa shape index (κ1) is 10.2. The third-order valence-corrected chi connectivity index (χ3v) is 4.06. The van der Waals surface area contributed by atoms with E-state index in [1.54, 1.807) is 6.20 Å². The molecule has 4 nitrogen and oxygen atoms in total. The summed E-state index contributed by atoms with van der Waals surface area (Å²) < 4.78 is 0. The fraction of sp³-hybridized carbons (Fsp3) is 0.636. The van der Waals surface area contributed by atoms with E-state index in [0.29, 0.717) is 5.56 Å². The van der Waals surface area contributed by atoms with Gasteiger partial charge in [0.2, 0.25) is 0 Å². The Kier molecular flexibility index (Phi) is 1.93. The Morgan fingerprint density at radius 2 is 2.00 bits per heavy atom. The number of nitrogens with zero attached hydrogens (tertiary/aromatic N) is 1. The number of carbonyl (C=O) groups excluding carboxylic acids is 1. The fourth-order valence-electron chi connectivity index (χ4n) is 2.15. The highest BCUT2D eigenvalue weighted by molar-refractivity contribution is 5.94. The summed E-state index contributed by atoms with van der Waals surface area (Å²) in [7, 11) is 0. The molecule has 2 N–H and O–H groups in total. The van der Waals surface area contributed by atoms with E-state index in [1.165, 1.54) is 6.20 Å². The van der Waals surface area contributed by atoms with E-state index < -0.39 is 0 Å². The number of hydrogen-bond acceptors (Lipinski definition) is 2. The molecule has 0 unspecified atom stereocenters. The molecule has 0 spiro atoms. The maximum Gasteiger partial charge on any atom is 0.254 e. The van der Waals surface area contributed by atoms with Gasteiger partial charge in [0.25, 0.3) is 5.91 Å². The quantitative estimate of drug-likeness (QED) is 0.773. The number of nitrogens with one attached hydrogen (secondary N) is 2. The van der Waals surface area contributed by atoms with E-state index in [1.807, 2.05) is 0 Å². The lowest BCUT2D eigenvalue weighted by Crippen LogP contribution is -2.29. The van der Waals surface area contributed by atoms with Gasteiger partial charge >= 0.3 is 0 Å². The largest absolute Gasteiger partial charge is 0.348 e. The van der Waals surface area contributed by atoms with Gasteiger partial charge in [0.05, 0.1) is 11.8 Å². The summed E-state index contributed by atoms with van der Waals surface area (Å²) in [6.07, 6.45) is 3.15. The van der Waals surface area contributed by atoms with Gasteiger partial charge in [-0.25, -0.2) is 0 Å². The predicted octanol–water partition coefficient (Wildman–Crippen LogP) is 1.57. The summed E-state index contributed by atoms with van der Waals surface area (Å²) in [6.45, 7) is 8.70. The minimum atomic E-state index is -0.0487. The Morgan fingerprint density at radius 3 is 2.40 bits per heavy atom. The molecule has 0 saturated heterocycles.